The molecule has 0 N–H and O–H groups in total. The van der Waals surface area contributed by atoms with E-state index in [1.807, 2.05) is 0 Å². The van der Waals surface area contributed by atoms with Gasteiger partial charge in [-0.3, -0.25) is 10.1 Å². The molecule has 0 spiro atoms. The number of nitro benzene ring substituents is 1. The molecule has 0 saturated carbocycles. The van der Waals surface area contributed by atoms with E-state index < -0.39 is 16.9 Å². The number of carbonyl (C=O) groups excluding carboxylic acids is 2. The van der Waals surface area contributed by atoms with Gasteiger partial charge in [0.05, 0.1) is 22.7 Å². The van der Waals surface area contributed by atoms with Crippen molar-refractivity contribution in [3.63, 3.8) is 0 Å². The van der Waals surface area contributed by atoms with Gasteiger partial charge in [-0.05, 0) is 36.2 Å². The molecule has 2 aromatic rings. The van der Waals surface area contributed by atoms with Crippen molar-refractivity contribution in [2.75, 3.05) is 6.61 Å². The fourth-order valence-corrected chi connectivity index (χ4v) is 3.08. The summed E-state index contributed by atoms with van der Waals surface area (Å²) in [5.74, 6) is -1.20. The zero-order valence-electron chi connectivity index (χ0n) is 17.9. The van der Waals surface area contributed by atoms with Crippen molar-refractivity contribution in [1.29, 1.82) is 0 Å². The average molecular weight is 427 g/mol. The molecule has 0 aliphatic carbocycles. The molecule has 2 rings (SSSR count). The number of nitrogens with zero attached hydrogens (tertiary/aromatic N) is 1. The van der Waals surface area contributed by atoms with Crippen LogP contribution >= 0.6 is 0 Å². The Balaban J connectivity index is 1.83. The Morgan fingerprint density at radius 3 is 1.94 bits per heavy atom. The Labute approximate surface area is 182 Å². The van der Waals surface area contributed by atoms with E-state index in [0.29, 0.717) is 12.2 Å². The summed E-state index contributed by atoms with van der Waals surface area (Å²) >= 11 is 0. The van der Waals surface area contributed by atoms with Gasteiger partial charge in [-0.2, -0.15) is 0 Å². The van der Waals surface area contributed by atoms with Crippen LogP contribution < -0.4 is 0 Å². The fraction of sp³-hybridized carbons (Fsp3) is 0.417. The molecule has 0 aliphatic rings. The minimum atomic E-state index is -0.651. The number of hydrogen-bond acceptors (Lipinski definition) is 6. The van der Waals surface area contributed by atoms with E-state index in [2.05, 4.69) is 6.92 Å². The van der Waals surface area contributed by atoms with E-state index in [9.17, 15) is 19.7 Å². The summed E-state index contributed by atoms with van der Waals surface area (Å²) in [5, 5.41) is 10.7. The van der Waals surface area contributed by atoms with Gasteiger partial charge in [-0.1, -0.05) is 57.6 Å². The number of esters is 2. The number of hydrogen-bond donors (Lipinski definition) is 0. The van der Waals surface area contributed by atoms with Crippen LogP contribution in [-0.2, 0) is 16.1 Å². The zero-order valence-corrected chi connectivity index (χ0v) is 17.9. The number of non-ortho nitro benzene ring substituents is 1. The Morgan fingerprint density at radius 2 is 1.35 bits per heavy atom. The van der Waals surface area contributed by atoms with Crippen LogP contribution in [0.2, 0.25) is 0 Å². The van der Waals surface area contributed by atoms with E-state index in [-0.39, 0.29) is 23.4 Å². The van der Waals surface area contributed by atoms with Gasteiger partial charge in [0, 0.05) is 12.1 Å². The molecule has 31 heavy (non-hydrogen) atoms. The third-order valence-electron chi connectivity index (χ3n) is 4.87. The van der Waals surface area contributed by atoms with Crippen LogP contribution in [-0.4, -0.2) is 23.5 Å². The maximum absolute atomic E-state index is 12.5. The van der Waals surface area contributed by atoms with Crippen LogP contribution in [0.25, 0.3) is 0 Å². The third kappa shape index (κ3) is 8.20. The zero-order chi connectivity index (χ0) is 22.5. The largest absolute Gasteiger partial charge is 0.462 e. The average Bonchev–Trinajstić information content (AvgIpc) is 2.79. The lowest BCUT2D eigenvalue weighted by Gasteiger charge is -2.10. The van der Waals surface area contributed by atoms with Gasteiger partial charge >= 0.3 is 11.9 Å². The van der Waals surface area contributed by atoms with Crippen LogP contribution in [0, 0.1) is 10.1 Å². The lowest BCUT2D eigenvalue weighted by Crippen LogP contribution is -2.14. The molecule has 0 aromatic heterocycles. The van der Waals surface area contributed by atoms with Gasteiger partial charge < -0.3 is 9.47 Å². The maximum Gasteiger partial charge on any atom is 0.339 e. The SMILES string of the molecule is CCCCCCCCCOC(=O)c1ccccc1C(=O)OCc1ccc([N+](=O)[O-])cc1. The van der Waals surface area contributed by atoms with Gasteiger partial charge in [-0.15, -0.1) is 0 Å². The first-order valence-corrected chi connectivity index (χ1v) is 10.7. The van der Waals surface area contributed by atoms with Crippen molar-refractivity contribution in [3.8, 4) is 0 Å². The van der Waals surface area contributed by atoms with Crippen molar-refractivity contribution >= 4 is 17.6 Å². The number of ether oxygens (including phenoxy) is 2. The van der Waals surface area contributed by atoms with Gasteiger partial charge in [-0.25, -0.2) is 9.59 Å². The molecule has 0 fully saturated rings. The standard InChI is InChI=1S/C24H29NO6/c1-2-3-4-5-6-7-10-17-30-23(26)21-11-8-9-12-22(21)24(27)31-18-19-13-15-20(16-14-19)25(28)29/h8-9,11-16H,2-7,10,17-18H2,1H3. The Kier molecular flexibility index (Phi) is 10.2. The van der Waals surface area contributed by atoms with Crippen molar-refractivity contribution in [2.24, 2.45) is 0 Å². The molecule has 0 unspecified atom stereocenters. The number of carbonyl (C=O) groups is 2. The minimum Gasteiger partial charge on any atom is -0.462 e. The van der Waals surface area contributed by atoms with Gasteiger partial charge in [0.1, 0.15) is 6.61 Å². The smallest absolute Gasteiger partial charge is 0.339 e. The predicted octanol–water partition coefficient (Wildman–Crippen LogP) is 5.86. The summed E-state index contributed by atoms with van der Waals surface area (Å²) < 4.78 is 10.6. The van der Waals surface area contributed by atoms with E-state index in [1.165, 1.54) is 62.1 Å². The Bertz CT molecular complexity index is 863. The highest BCUT2D eigenvalue weighted by Crippen LogP contribution is 2.16. The van der Waals surface area contributed by atoms with Gasteiger partial charge in [0.25, 0.3) is 5.69 Å². The lowest BCUT2D eigenvalue weighted by molar-refractivity contribution is -0.384. The summed E-state index contributed by atoms with van der Waals surface area (Å²) in [6.45, 7) is 2.44. The van der Waals surface area contributed by atoms with Crippen LogP contribution in [0.3, 0.4) is 0 Å². The van der Waals surface area contributed by atoms with Gasteiger partial charge in [0.2, 0.25) is 0 Å². The highest BCUT2D eigenvalue weighted by atomic mass is 16.6. The summed E-state index contributed by atoms with van der Waals surface area (Å²) in [6, 6.07) is 12.1. The second kappa shape index (κ2) is 13.2. The number of benzene rings is 2. The predicted molar refractivity (Wildman–Crippen MR) is 117 cm³/mol. The minimum absolute atomic E-state index is 0.0378. The van der Waals surface area contributed by atoms with Crippen molar-refractivity contribution in [1.82, 2.24) is 0 Å². The molecule has 0 amide bonds. The van der Waals surface area contributed by atoms with Crippen molar-refractivity contribution in [3.05, 3.63) is 75.3 Å². The van der Waals surface area contributed by atoms with Crippen LogP contribution in [0.4, 0.5) is 5.69 Å². The van der Waals surface area contributed by atoms with Crippen LogP contribution in [0.1, 0.15) is 78.1 Å². The van der Waals surface area contributed by atoms with E-state index in [4.69, 9.17) is 9.47 Å². The maximum atomic E-state index is 12.5. The summed E-state index contributed by atoms with van der Waals surface area (Å²) in [7, 11) is 0. The molecule has 0 bridgehead atoms. The monoisotopic (exact) mass is 427 g/mol. The number of nitro groups is 1. The molecule has 0 aliphatic heterocycles. The second-order valence-electron chi connectivity index (χ2n) is 7.30. The Morgan fingerprint density at radius 1 is 0.806 bits per heavy atom. The summed E-state index contributed by atoms with van der Waals surface area (Å²) in [6.07, 6.45) is 7.85. The summed E-state index contributed by atoms with van der Waals surface area (Å²) in [4.78, 5) is 35.1. The lowest BCUT2D eigenvalue weighted by atomic mass is 10.1. The molecule has 7 nitrogen and oxygen atoms in total. The van der Waals surface area contributed by atoms with E-state index in [0.717, 1.165) is 19.3 Å². The first-order chi connectivity index (χ1) is 15.0. The molecule has 0 atom stereocenters. The molecule has 0 heterocycles. The molecule has 7 heteroatoms. The molecule has 0 radical (unpaired) electrons. The molecular formula is C24H29NO6. The number of unbranched alkanes of at least 4 members (excludes halogenated alkanes) is 6. The quantitative estimate of drug-likeness (QED) is 0.172. The fourth-order valence-electron chi connectivity index (χ4n) is 3.08. The number of rotatable bonds is 13. The topological polar surface area (TPSA) is 95.7 Å². The van der Waals surface area contributed by atoms with Crippen molar-refractivity contribution in [2.45, 2.75) is 58.5 Å². The second-order valence-corrected chi connectivity index (χ2v) is 7.30. The van der Waals surface area contributed by atoms with E-state index in [1.54, 1.807) is 12.1 Å². The van der Waals surface area contributed by atoms with E-state index >= 15 is 0 Å². The van der Waals surface area contributed by atoms with Crippen LogP contribution in [0.15, 0.2) is 48.5 Å². The molecule has 0 saturated heterocycles. The van der Waals surface area contributed by atoms with Crippen LogP contribution in [0.5, 0.6) is 0 Å². The first-order valence-electron chi connectivity index (χ1n) is 10.7. The molecule has 166 valence electrons. The van der Waals surface area contributed by atoms with Gasteiger partial charge in [0.15, 0.2) is 0 Å². The third-order valence-corrected chi connectivity index (χ3v) is 4.87. The Hall–Kier alpha value is -3.22. The normalized spacial score (nSPS) is 10.5. The highest BCUT2D eigenvalue weighted by Gasteiger charge is 2.19. The molecule has 2 aromatic carbocycles. The first kappa shape index (κ1) is 24.1. The van der Waals surface area contributed by atoms with Crippen molar-refractivity contribution < 1.29 is 24.0 Å². The highest BCUT2D eigenvalue weighted by molar-refractivity contribution is 6.03. The molecular weight excluding hydrogens is 398 g/mol. The summed E-state index contributed by atoms with van der Waals surface area (Å²) in [5.41, 5.74) is 0.871.